The van der Waals surface area contributed by atoms with Gasteiger partial charge in [-0.05, 0) is 29.8 Å². The maximum absolute atomic E-state index is 12.1. The van der Waals surface area contributed by atoms with E-state index in [4.69, 9.17) is 6.42 Å². The van der Waals surface area contributed by atoms with Crippen LogP contribution in [0.3, 0.4) is 0 Å². The molecule has 0 aliphatic heterocycles. The van der Waals surface area contributed by atoms with E-state index in [1.54, 1.807) is 0 Å². The second-order valence-electron chi connectivity index (χ2n) is 5.26. The van der Waals surface area contributed by atoms with E-state index >= 15 is 0 Å². The molecule has 5 nitrogen and oxygen atoms in total. The van der Waals surface area contributed by atoms with Crippen LogP contribution in [0.5, 0.6) is 5.75 Å². The molecule has 0 unspecified atom stereocenters. The first-order valence-electron chi connectivity index (χ1n) is 7.93. The number of nitrogens with zero attached hydrogens (tertiary/aromatic N) is 1. The monoisotopic (exact) mass is 407 g/mol. The SMILES string of the molecule is C#CCSCC(=NNC(=O)Nc1ccc(OC(F)(F)F)cc1)c1ccccc1. The predicted molar refractivity (Wildman–Crippen MR) is 104 cm³/mol. The first-order valence-corrected chi connectivity index (χ1v) is 9.09. The molecule has 0 aliphatic rings. The molecule has 28 heavy (non-hydrogen) atoms. The van der Waals surface area contributed by atoms with Crippen LogP contribution in [-0.2, 0) is 0 Å². The molecule has 0 saturated carbocycles. The molecule has 0 aromatic heterocycles. The Balaban J connectivity index is 1.98. The van der Waals surface area contributed by atoms with Crippen LogP contribution in [0.4, 0.5) is 23.7 Å². The fourth-order valence-corrected chi connectivity index (χ4v) is 2.68. The molecule has 0 fully saturated rings. The summed E-state index contributed by atoms with van der Waals surface area (Å²) in [6.45, 7) is 0. The van der Waals surface area contributed by atoms with Gasteiger partial charge in [-0.3, -0.25) is 0 Å². The maximum atomic E-state index is 12.1. The topological polar surface area (TPSA) is 62.7 Å². The zero-order valence-electron chi connectivity index (χ0n) is 14.5. The summed E-state index contributed by atoms with van der Waals surface area (Å²) in [7, 11) is 0. The van der Waals surface area contributed by atoms with E-state index in [0.717, 1.165) is 17.7 Å². The van der Waals surface area contributed by atoms with Crippen LogP contribution in [0.2, 0.25) is 0 Å². The highest BCUT2D eigenvalue weighted by atomic mass is 32.2. The first-order chi connectivity index (χ1) is 13.4. The zero-order valence-corrected chi connectivity index (χ0v) is 15.3. The number of hydrogen-bond acceptors (Lipinski definition) is 4. The molecule has 0 saturated heterocycles. The van der Waals surface area contributed by atoms with Gasteiger partial charge in [0.05, 0.1) is 11.5 Å². The van der Waals surface area contributed by atoms with E-state index in [-0.39, 0.29) is 11.4 Å². The van der Waals surface area contributed by atoms with Crippen LogP contribution in [0.1, 0.15) is 5.56 Å². The smallest absolute Gasteiger partial charge is 0.406 e. The quantitative estimate of drug-likeness (QED) is 0.308. The van der Waals surface area contributed by atoms with Gasteiger partial charge in [-0.15, -0.1) is 31.4 Å². The molecule has 0 spiro atoms. The average Bonchev–Trinajstić information content (AvgIpc) is 2.66. The molecule has 2 N–H and O–H groups in total. The number of ether oxygens (including phenoxy) is 1. The highest BCUT2D eigenvalue weighted by Crippen LogP contribution is 2.23. The molecule has 2 amide bonds. The maximum Gasteiger partial charge on any atom is 0.573 e. The van der Waals surface area contributed by atoms with Crippen molar-refractivity contribution in [2.24, 2.45) is 5.10 Å². The molecule has 0 aliphatic carbocycles. The number of carbonyl (C=O) groups is 1. The number of rotatable bonds is 7. The number of hydrazone groups is 1. The van der Waals surface area contributed by atoms with E-state index in [9.17, 15) is 18.0 Å². The van der Waals surface area contributed by atoms with Gasteiger partial charge in [0.2, 0.25) is 0 Å². The van der Waals surface area contributed by atoms with Gasteiger partial charge in [0.15, 0.2) is 0 Å². The number of terminal acetylenes is 1. The number of carbonyl (C=O) groups excluding carboxylic acids is 1. The number of hydrogen-bond donors (Lipinski definition) is 2. The van der Waals surface area contributed by atoms with Gasteiger partial charge < -0.3 is 10.1 Å². The van der Waals surface area contributed by atoms with Crippen LogP contribution in [0.15, 0.2) is 59.7 Å². The summed E-state index contributed by atoms with van der Waals surface area (Å²) < 4.78 is 40.2. The molecular weight excluding hydrogens is 391 g/mol. The summed E-state index contributed by atoms with van der Waals surface area (Å²) in [5.74, 6) is 3.14. The number of halogens is 3. The number of alkyl halides is 3. The van der Waals surface area contributed by atoms with E-state index in [1.807, 2.05) is 30.3 Å². The highest BCUT2D eigenvalue weighted by Gasteiger charge is 2.30. The van der Waals surface area contributed by atoms with Gasteiger partial charge in [-0.25, -0.2) is 10.2 Å². The predicted octanol–water partition coefficient (Wildman–Crippen LogP) is 4.48. The second kappa shape index (κ2) is 10.3. The second-order valence-corrected chi connectivity index (χ2v) is 6.25. The minimum absolute atomic E-state index is 0.283. The third kappa shape index (κ3) is 7.63. The van der Waals surface area contributed by atoms with Gasteiger partial charge in [0, 0.05) is 11.4 Å². The lowest BCUT2D eigenvalue weighted by molar-refractivity contribution is -0.274. The normalized spacial score (nSPS) is 11.4. The Hall–Kier alpha value is -3.12. The lowest BCUT2D eigenvalue weighted by Crippen LogP contribution is -2.26. The number of nitrogens with one attached hydrogen (secondary N) is 2. The summed E-state index contributed by atoms with van der Waals surface area (Å²) >= 11 is 1.47. The number of benzene rings is 2. The third-order valence-corrected chi connectivity index (χ3v) is 4.02. The molecule has 9 heteroatoms. The van der Waals surface area contributed by atoms with Crippen LogP contribution < -0.4 is 15.5 Å². The lowest BCUT2D eigenvalue weighted by atomic mass is 10.1. The molecule has 0 atom stereocenters. The number of urea groups is 1. The number of thioether (sulfide) groups is 1. The summed E-state index contributed by atoms with van der Waals surface area (Å²) in [5, 5.41) is 6.59. The van der Waals surface area contributed by atoms with Crippen LogP contribution >= 0.6 is 11.8 Å². The highest BCUT2D eigenvalue weighted by molar-refractivity contribution is 8.00. The standard InChI is InChI=1S/C19H16F3N3O2S/c1-2-12-28-13-17(14-6-4-3-5-7-14)24-25-18(26)23-15-8-10-16(11-9-15)27-19(20,21)22/h1,3-11H,12-13H2,(H2,23,25,26). The molecular formula is C19H16F3N3O2S. The Labute approximate surface area is 164 Å². The van der Waals surface area contributed by atoms with Crippen molar-refractivity contribution in [3.63, 3.8) is 0 Å². The molecule has 0 radical (unpaired) electrons. The van der Waals surface area contributed by atoms with Crippen LogP contribution in [0, 0.1) is 12.3 Å². The van der Waals surface area contributed by atoms with E-state index in [1.165, 1.54) is 23.9 Å². The van der Waals surface area contributed by atoms with Crippen molar-refractivity contribution in [2.75, 3.05) is 16.8 Å². The van der Waals surface area contributed by atoms with Crippen molar-refractivity contribution >= 4 is 29.2 Å². The lowest BCUT2D eigenvalue weighted by Gasteiger charge is -2.10. The van der Waals surface area contributed by atoms with Crippen molar-refractivity contribution in [1.82, 2.24) is 5.43 Å². The fraction of sp³-hybridized carbons (Fsp3) is 0.158. The summed E-state index contributed by atoms with van der Waals surface area (Å²) in [6, 6.07) is 13.4. The van der Waals surface area contributed by atoms with Crippen molar-refractivity contribution in [2.45, 2.75) is 6.36 Å². The largest absolute Gasteiger partial charge is 0.573 e. The fourth-order valence-electron chi connectivity index (χ4n) is 2.03. The van der Waals surface area contributed by atoms with Gasteiger partial charge in [0.1, 0.15) is 5.75 Å². The summed E-state index contributed by atoms with van der Waals surface area (Å²) in [5.41, 5.74) is 4.12. The minimum Gasteiger partial charge on any atom is -0.406 e. The van der Waals surface area contributed by atoms with Crippen LogP contribution in [-0.4, -0.2) is 29.6 Å². The zero-order chi connectivity index (χ0) is 20.4. The Morgan fingerprint density at radius 2 is 1.82 bits per heavy atom. The van der Waals surface area contributed by atoms with Gasteiger partial charge >= 0.3 is 12.4 Å². The van der Waals surface area contributed by atoms with E-state index in [0.29, 0.717) is 17.2 Å². The Bertz CT molecular complexity index is 847. The van der Waals surface area contributed by atoms with Crippen molar-refractivity contribution in [1.29, 1.82) is 0 Å². The van der Waals surface area contributed by atoms with Crippen molar-refractivity contribution < 1.29 is 22.7 Å². The van der Waals surface area contributed by atoms with Crippen molar-refractivity contribution in [3.05, 3.63) is 60.2 Å². The first kappa shape index (κ1) is 21.2. The Morgan fingerprint density at radius 3 is 2.43 bits per heavy atom. The van der Waals surface area contributed by atoms with Gasteiger partial charge in [0.25, 0.3) is 0 Å². The molecule has 2 aromatic carbocycles. The van der Waals surface area contributed by atoms with Gasteiger partial charge in [-0.1, -0.05) is 36.3 Å². The molecule has 0 bridgehead atoms. The average molecular weight is 407 g/mol. The molecule has 2 rings (SSSR count). The van der Waals surface area contributed by atoms with Crippen molar-refractivity contribution in [3.8, 4) is 18.1 Å². The van der Waals surface area contributed by atoms with E-state index in [2.05, 4.69) is 26.5 Å². The Morgan fingerprint density at radius 1 is 1.14 bits per heavy atom. The van der Waals surface area contributed by atoms with Crippen LogP contribution in [0.25, 0.3) is 0 Å². The number of anilines is 1. The molecule has 0 heterocycles. The van der Waals surface area contributed by atoms with Gasteiger partial charge in [-0.2, -0.15) is 5.10 Å². The van der Waals surface area contributed by atoms with E-state index < -0.39 is 12.4 Å². The molecule has 146 valence electrons. The molecule has 2 aromatic rings. The number of amides is 2. The minimum atomic E-state index is -4.77. The third-order valence-electron chi connectivity index (χ3n) is 3.17. The Kier molecular flexibility index (Phi) is 7.77. The summed E-state index contributed by atoms with van der Waals surface area (Å²) in [4.78, 5) is 12.0. The summed E-state index contributed by atoms with van der Waals surface area (Å²) in [6.07, 6.45) is 0.473.